The molecule has 0 saturated heterocycles. The van der Waals surface area contributed by atoms with E-state index < -0.39 is 0 Å². The summed E-state index contributed by atoms with van der Waals surface area (Å²) >= 11 is 1.77. The highest BCUT2D eigenvalue weighted by Crippen LogP contribution is 2.47. The number of hydrogen-bond donors (Lipinski definition) is 0. The Kier molecular flexibility index (Phi) is 5.74. The number of hydrogen-bond acceptors (Lipinski definition) is 3. The molecule has 0 radical (unpaired) electrons. The number of para-hydroxylation sites is 2. The van der Waals surface area contributed by atoms with Gasteiger partial charge in [-0.05, 0) is 59.3 Å². The minimum Gasteiger partial charge on any atom is -0.309 e. The second kappa shape index (κ2) is 10.8. The minimum absolute atomic E-state index is 0.742. The van der Waals surface area contributed by atoms with Gasteiger partial charge in [-0.1, -0.05) is 121 Å². The second-order valence-corrected chi connectivity index (χ2v) is 15.6. The Morgan fingerprint density at radius 2 is 1.11 bits per heavy atom. The van der Waals surface area contributed by atoms with Crippen LogP contribution in [0.4, 0.5) is 0 Å². The molecule has 0 fully saturated rings. The van der Waals surface area contributed by atoms with Gasteiger partial charge in [-0.15, -0.1) is 11.3 Å². The largest absolute Gasteiger partial charge is 0.309 e. The van der Waals surface area contributed by atoms with Crippen LogP contribution in [0.1, 0.15) is 0 Å². The summed E-state index contributed by atoms with van der Waals surface area (Å²) in [6, 6.07) is 61.6. The zero-order valence-corrected chi connectivity index (χ0v) is 30.2. The Morgan fingerprint density at radius 3 is 1.93 bits per heavy atom. The summed E-state index contributed by atoms with van der Waals surface area (Å²) in [4.78, 5) is 10.4. The van der Waals surface area contributed by atoms with E-state index in [9.17, 15) is 0 Å². The van der Waals surface area contributed by atoms with Gasteiger partial charge in [-0.25, -0.2) is 9.97 Å². The van der Waals surface area contributed by atoms with Gasteiger partial charge in [0.25, 0.3) is 0 Å². The molecule has 13 aromatic rings. The normalized spacial score (nSPS) is 12.4. The molecule has 0 bridgehead atoms. The lowest BCUT2D eigenvalue weighted by molar-refractivity contribution is 1.18. The summed E-state index contributed by atoms with van der Waals surface area (Å²) in [6.45, 7) is 0. The van der Waals surface area contributed by atoms with Gasteiger partial charge < -0.3 is 8.97 Å². The fraction of sp³-hybridized carbons (Fsp3) is 0. The smallest absolute Gasteiger partial charge is 0.160 e. The van der Waals surface area contributed by atoms with Gasteiger partial charge in [0.1, 0.15) is 0 Å². The van der Waals surface area contributed by atoms with Crippen molar-refractivity contribution in [1.82, 2.24) is 18.9 Å². The number of nitrogens with zero attached hydrogens (tertiary/aromatic N) is 4. The van der Waals surface area contributed by atoms with Crippen LogP contribution in [0, 0.1) is 0 Å². The summed E-state index contributed by atoms with van der Waals surface area (Å²) in [6.07, 6.45) is 0. The molecular weight excluding hydrogens is 689 g/mol. The van der Waals surface area contributed by atoms with Crippen molar-refractivity contribution in [3.63, 3.8) is 0 Å². The van der Waals surface area contributed by atoms with Crippen molar-refractivity contribution in [2.45, 2.75) is 0 Å². The van der Waals surface area contributed by atoms with Crippen LogP contribution in [0.15, 0.2) is 170 Å². The third-order valence-corrected chi connectivity index (χ3v) is 12.8. The highest BCUT2D eigenvalue weighted by molar-refractivity contribution is 7.26. The van der Waals surface area contributed by atoms with Crippen molar-refractivity contribution < 1.29 is 0 Å². The van der Waals surface area contributed by atoms with Crippen molar-refractivity contribution in [3.05, 3.63) is 170 Å². The van der Waals surface area contributed by atoms with E-state index >= 15 is 0 Å². The van der Waals surface area contributed by atoms with E-state index in [0.717, 1.165) is 38.5 Å². The van der Waals surface area contributed by atoms with Gasteiger partial charge in [0.05, 0.1) is 43.5 Å². The molecule has 0 aliphatic carbocycles. The Bertz CT molecular complexity index is 3700. The van der Waals surface area contributed by atoms with Crippen molar-refractivity contribution in [3.8, 4) is 28.3 Å². The molecule has 0 unspecified atom stereocenters. The first-order valence-corrected chi connectivity index (χ1v) is 19.5. The highest BCUT2D eigenvalue weighted by atomic mass is 32.1. The molecule has 0 aliphatic heterocycles. The number of benzene rings is 8. The van der Waals surface area contributed by atoms with Gasteiger partial charge in [0.2, 0.25) is 0 Å². The first-order valence-electron chi connectivity index (χ1n) is 18.7. The lowest BCUT2D eigenvalue weighted by atomic mass is 10.0. The molecule has 55 heavy (non-hydrogen) atoms. The number of aromatic nitrogens is 4. The lowest BCUT2D eigenvalue weighted by Crippen LogP contribution is -1.96. The number of rotatable bonds is 3. The molecule has 0 N–H and O–H groups in total. The summed E-state index contributed by atoms with van der Waals surface area (Å²) < 4.78 is 7.29. The van der Waals surface area contributed by atoms with Gasteiger partial charge in [-0.3, -0.25) is 0 Å². The van der Waals surface area contributed by atoms with E-state index in [4.69, 9.17) is 9.97 Å². The molecule has 0 spiro atoms. The summed E-state index contributed by atoms with van der Waals surface area (Å²) in [5, 5.41) is 11.4. The van der Waals surface area contributed by atoms with E-state index in [1.807, 2.05) is 6.07 Å². The van der Waals surface area contributed by atoms with Crippen LogP contribution in [-0.4, -0.2) is 18.9 Å². The van der Waals surface area contributed by atoms with Crippen LogP contribution in [0.5, 0.6) is 0 Å². The van der Waals surface area contributed by atoms with Gasteiger partial charge in [-0.2, -0.15) is 0 Å². The molecule has 8 aromatic carbocycles. The Balaban J connectivity index is 1.12. The zero-order chi connectivity index (χ0) is 35.8. The quantitative estimate of drug-likeness (QED) is 0.182. The van der Waals surface area contributed by atoms with Gasteiger partial charge in [0.15, 0.2) is 5.82 Å². The van der Waals surface area contributed by atoms with Crippen LogP contribution >= 0.6 is 11.3 Å². The lowest BCUT2D eigenvalue weighted by Gasteiger charge is -2.11. The topological polar surface area (TPSA) is 35.1 Å². The first kappa shape index (κ1) is 29.4. The third-order valence-electron chi connectivity index (χ3n) is 11.6. The fourth-order valence-corrected chi connectivity index (χ4v) is 10.4. The maximum atomic E-state index is 5.26. The maximum absolute atomic E-state index is 5.26. The maximum Gasteiger partial charge on any atom is 0.160 e. The monoisotopic (exact) mass is 716 g/mol. The first-order chi connectivity index (χ1) is 27.3. The number of thiophene rings is 1. The van der Waals surface area contributed by atoms with Crippen molar-refractivity contribution in [2.24, 2.45) is 0 Å². The second-order valence-electron chi connectivity index (χ2n) is 14.5. The molecule has 0 atom stereocenters. The molecule has 254 valence electrons. The average molecular weight is 717 g/mol. The van der Waals surface area contributed by atoms with Crippen LogP contribution in [0.2, 0.25) is 0 Å². The van der Waals surface area contributed by atoms with E-state index in [2.05, 4.69) is 173 Å². The molecular formula is C50H28N4S. The van der Waals surface area contributed by atoms with Crippen LogP contribution < -0.4 is 0 Å². The van der Waals surface area contributed by atoms with E-state index in [1.54, 1.807) is 11.3 Å². The molecule has 0 amide bonds. The fourth-order valence-electron chi connectivity index (χ4n) is 9.25. The van der Waals surface area contributed by atoms with Crippen molar-refractivity contribution >= 4 is 102 Å². The Labute approximate surface area is 318 Å². The minimum atomic E-state index is 0.742. The SMILES string of the molecule is c1ccc(-c2nc(-c3ccc(-n4c5cc6ccccc6cc5c5c6c7ccccc7n7c8ccccc8c(cc54)c67)cc3)c3sc4ccccc4c3n2)cc1. The Hall–Kier alpha value is -7.08. The van der Waals surface area contributed by atoms with E-state index in [1.165, 1.54) is 80.8 Å². The van der Waals surface area contributed by atoms with Crippen molar-refractivity contribution in [2.75, 3.05) is 0 Å². The summed E-state index contributed by atoms with van der Waals surface area (Å²) in [7, 11) is 0. The van der Waals surface area contributed by atoms with E-state index in [0.29, 0.717) is 0 Å². The Morgan fingerprint density at radius 1 is 0.436 bits per heavy atom. The standard InChI is InChI=1S/C50H28N4S/c1-2-12-30(13-3-1)50-51-46(49-47(52-50)36-18-8-11-21-43(36)55-49)29-22-24-33(25-23-29)53-41-27-32-15-5-4-14-31(32)26-38(41)44-42(53)28-37-34-16-6-9-19-39(34)54-40-20-10-7-17-35(40)45(44)48(37)54/h1-28H. The average Bonchev–Trinajstić information content (AvgIpc) is 3.98. The number of fused-ring (bicyclic) bond motifs is 14. The third kappa shape index (κ3) is 3.94. The van der Waals surface area contributed by atoms with Crippen molar-refractivity contribution in [1.29, 1.82) is 0 Å². The van der Waals surface area contributed by atoms with Crippen LogP contribution in [-0.2, 0) is 0 Å². The predicted molar refractivity (Wildman–Crippen MR) is 232 cm³/mol. The molecule has 5 aromatic heterocycles. The molecule has 5 heterocycles. The molecule has 13 rings (SSSR count). The predicted octanol–water partition coefficient (Wildman–Crippen LogP) is 13.6. The van der Waals surface area contributed by atoms with Gasteiger partial charge >= 0.3 is 0 Å². The molecule has 5 heteroatoms. The van der Waals surface area contributed by atoms with Crippen LogP contribution in [0.3, 0.4) is 0 Å². The van der Waals surface area contributed by atoms with E-state index in [-0.39, 0.29) is 0 Å². The summed E-state index contributed by atoms with van der Waals surface area (Å²) in [5.41, 5.74) is 11.4. The molecule has 0 aliphatic rings. The zero-order valence-electron chi connectivity index (χ0n) is 29.4. The molecule has 4 nitrogen and oxygen atoms in total. The highest BCUT2D eigenvalue weighted by Gasteiger charge is 2.24. The molecule has 0 saturated carbocycles. The van der Waals surface area contributed by atoms with Gasteiger partial charge in [0, 0.05) is 59.2 Å². The summed E-state index contributed by atoms with van der Waals surface area (Å²) in [5.74, 6) is 0.742. The van der Waals surface area contributed by atoms with Crippen LogP contribution in [0.25, 0.3) is 119 Å².